The van der Waals surface area contributed by atoms with E-state index in [2.05, 4.69) is 12.0 Å². The number of benzene rings is 2. The molecule has 2 heterocycles. The highest BCUT2D eigenvalue weighted by Crippen LogP contribution is 2.24. The van der Waals surface area contributed by atoms with Crippen molar-refractivity contribution in [1.29, 1.82) is 5.41 Å². The summed E-state index contributed by atoms with van der Waals surface area (Å²) in [6.07, 6.45) is 0.0470. The quantitative estimate of drug-likeness (QED) is 0.439. The van der Waals surface area contributed by atoms with Crippen molar-refractivity contribution >= 4 is 17.6 Å². The second-order valence-electron chi connectivity index (χ2n) is 7.98. The van der Waals surface area contributed by atoms with Gasteiger partial charge in [0.05, 0.1) is 12.2 Å². The Labute approximate surface area is 187 Å². The summed E-state index contributed by atoms with van der Waals surface area (Å²) in [4.78, 5) is 13.8. The summed E-state index contributed by atoms with van der Waals surface area (Å²) >= 11 is 0. The Morgan fingerprint density at radius 2 is 1.88 bits per heavy atom. The van der Waals surface area contributed by atoms with Gasteiger partial charge in [0.2, 0.25) is 0 Å². The van der Waals surface area contributed by atoms with Crippen LogP contribution in [0.3, 0.4) is 0 Å². The molecule has 1 unspecified atom stereocenters. The minimum atomic E-state index is -0.410. The highest BCUT2D eigenvalue weighted by atomic mass is 16.6. The third-order valence-electron chi connectivity index (χ3n) is 5.76. The summed E-state index contributed by atoms with van der Waals surface area (Å²) < 4.78 is 13.2. The van der Waals surface area contributed by atoms with Crippen LogP contribution in [0.4, 0.5) is 10.5 Å². The number of hydrogen-bond donors (Lipinski definition) is 2. The van der Waals surface area contributed by atoms with Crippen LogP contribution < -0.4 is 15.4 Å². The Hall–Kier alpha value is -3.81. The summed E-state index contributed by atoms with van der Waals surface area (Å²) in [7, 11) is 1.96. The van der Waals surface area contributed by atoms with E-state index in [1.165, 1.54) is 16.8 Å². The van der Waals surface area contributed by atoms with Crippen LogP contribution in [0.15, 0.2) is 48.5 Å². The van der Waals surface area contributed by atoms with Gasteiger partial charge >= 0.3 is 6.09 Å². The zero-order chi connectivity index (χ0) is 22.8. The van der Waals surface area contributed by atoms with Crippen LogP contribution in [0, 0.1) is 19.3 Å². The van der Waals surface area contributed by atoms with Gasteiger partial charge in [-0.25, -0.2) is 4.79 Å². The normalized spacial score (nSPS) is 15.7. The molecule has 2 aromatic carbocycles. The van der Waals surface area contributed by atoms with Gasteiger partial charge in [0.15, 0.2) is 6.10 Å². The molecule has 8 nitrogen and oxygen atoms in total. The van der Waals surface area contributed by atoms with Crippen LogP contribution in [-0.2, 0) is 18.2 Å². The highest BCUT2D eigenvalue weighted by molar-refractivity contribution is 5.96. The fourth-order valence-electron chi connectivity index (χ4n) is 3.81. The number of aromatic nitrogens is 2. The molecule has 1 aromatic heterocycles. The van der Waals surface area contributed by atoms with Gasteiger partial charge in [-0.15, -0.1) is 0 Å². The van der Waals surface area contributed by atoms with Crippen molar-refractivity contribution in [1.82, 2.24) is 9.78 Å². The third-order valence-corrected chi connectivity index (χ3v) is 5.76. The van der Waals surface area contributed by atoms with E-state index < -0.39 is 6.09 Å². The lowest BCUT2D eigenvalue weighted by atomic mass is 10.0. The van der Waals surface area contributed by atoms with Crippen LogP contribution in [0.5, 0.6) is 5.75 Å². The molecule has 1 aliphatic heterocycles. The smallest absolute Gasteiger partial charge is 0.414 e. The van der Waals surface area contributed by atoms with E-state index in [0.717, 1.165) is 17.9 Å². The molecule has 0 saturated carbocycles. The number of carbonyl (C=O) groups is 1. The van der Waals surface area contributed by atoms with Gasteiger partial charge in [-0.1, -0.05) is 12.1 Å². The number of hydrogen-bond acceptors (Lipinski definition) is 5. The molecule has 0 bridgehead atoms. The van der Waals surface area contributed by atoms with Crippen molar-refractivity contribution in [3.63, 3.8) is 0 Å². The summed E-state index contributed by atoms with van der Waals surface area (Å²) in [6.45, 7) is 4.78. The molecule has 3 N–H and O–H groups in total. The number of nitrogens with one attached hydrogen (secondary N) is 1. The van der Waals surface area contributed by atoms with E-state index in [4.69, 9.17) is 20.6 Å². The number of rotatable bonds is 7. The minimum absolute atomic E-state index is 0.0106. The number of nitrogen functional groups attached to an aromatic ring is 1. The average molecular weight is 434 g/mol. The number of cyclic esters (lactones) is 1. The molecule has 0 spiro atoms. The molecular weight excluding hydrogens is 406 g/mol. The summed E-state index contributed by atoms with van der Waals surface area (Å²) in [5, 5.41) is 11.9. The molecule has 1 aliphatic rings. The van der Waals surface area contributed by atoms with Crippen molar-refractivity contribution in [3.8, 4) is 5.75 Å². The molecule has 0 aliphatic carbocycles. The largest absolute Gasteiger partial charge is 0.490 e. The fourth-order valence-corrected chi connectivity index (χ4v) is 3.81. The fraction of sp³-hybridized carbons (Fsp3) is 0.292. The van der Waals surface area contributed by atoms with Crippen LogP contribution in [0.2, 0.25) is 0 Å². The molecule has 8 heteroatoms. The predicted molar refractivity (Wildman–Crippen MR) is 122 cm³/mol. The Balaban J connectivity index is 1.33. The Bertz CT molecular complexity index is 1140. The summed E-state index contributed by atoms with van der Waals surface area (Å²) in [5.41, 5.74) is 11.4. The van der Waals surface area contributed by atoms with Gasteiger partial charge in [0.25, 0.3) is 0 Å². The second-order valence-corrected chi connectivity index (χ2v) is 7.98. The maximum atomic E-state index is 12.3. The number of nitrogens with two attached hydrogens (primary N) is 1. The van der Waals surface area contributed by atoms with Crippen LogP contribution in [0.25, 0.3) is 0 Å². The van der Waals surface area contributed by atoms with E-state index in [0.29, 0.717) is 17.8 Å². The van der Waals surface area contributed by atoms with Gasteiger partial charge < -0.3 is 15.2 Å². The third kappa shape index (κ3) is 4.44. The summed E-state index contributed by atoms with van der Waals surface area (Å²) in [6, 6.07) is 14.9. The number of carbonyl (C=O) groups excluding carboxylic acids is 1. The van der Waals surface area contributed by atoms with Gasteiger partial charge in [-0.2, -0.15) is 5.10 Å². The first kappa shape index (κ1) is 21.4. The molecule has 1 amide bonds. The SMILES string of the molecule is Cc1nn(C)c(C)c1Cc1ccc(OCC2CN(c3ccc(C(=N)N)cc3)C(=O)O2)cc1. The first-order chi connectivity index (χ1) is 15.3. The topological polar surface area (TPSA) is 106 Å². The number of ether oxygens (including phenoxy) is 2. The van der Waals surface area contributed by atoms with Crippen molar-refractivity contribution in [2.24, 2.45) is 12.8 Å². The van der Waals surface area contributed by atoms with E-state index in [9.17, 15) is 4.79 Å². The van der Waals surface area contributed by atoms with Gasteiger partial charge in [0.1, 0.15) is 18.2 Å². The van der Waals surface area contributed by atoms with E-state index in [1.54, 1.807) is 29.2 Å². The van der Waals surface area contributed by atoms with Crippen molar-refractivity contribution in [2.45, 2.75) is 26.4 Å². The standard InChI is InChI=1S/C24H27N5O3/c1-15-22(16(2)28(3)27-15)12-17-4-10-20(11-5-17)31-14-21-13-29(24(30)32-21)19-8-6-18(7-9-19)23(25)26/h4-11,21H,12-14H2,1-3H3,(H3,25,26). The maximum Gasteiger partial charge on any atom is 0.414 e. The van der Waals surface area contributed by atoms with Crippen molar-refractivity contribution in [3.05, 3.63) is 76.6 Å². The Kier molecular flexibility index (Phi) is 5.85. The first-order valence-corrected chi connectivity index (χ1v) is 10.4. The Morgan fingerprint density at radius 1 is 1.19 bits per heavy atom. The maximum absolute atomic E-state index is 12.3. The predicted octanol–water partition coefficient (Wildman–Crippen LogP) is 3.32. The molecule has 166 valence electrons. The zero-order valence-corrected chi connectivity index (χ0v) is 18.5. The lowest BCUT2D eigenvalue weighted by Crippen LogP contribution is -2.26. The average Bonchev–Trinajstić information content (AvgIpc) is 3.27. The summed E-state index contributed by atoms with van der Waals surface area (Å²) in [5.74, 6) is 0.720. The first-order valence-electron chi connectivity index (χ1n) is 10.4. The van der Waals surface area contributed by atoms with Crippen LogP contribution in [-0.4, -0.2) is 41.0 Å². The van der Waals surface area contributed by atoms with E-state index in [1.807, 2.05) is 42.9 Å². The molecule has 32 heavy (non-hydrogen) atoms. The molecule has 1 saturated heterocycles. The molecule has 4 rings (SSSR count). The van der Waals surface area contributed by atoms with Crippen molar-refractivity contribution in [2.75, 3.05) is 18.1 Å². The monoisotopic (exact) mass is 433 g/mol. The highest BCUT2D eigenvalue weighted by Gasteiger charge is 2.32. The Morgan fingerprint density at radius 3 is 2.47 bits per heavy atom. The lowest BCUT2D eigenvalue weighted by molar-refractivity contribution is 0.105. The molecular formula is C24H27N5O3. The lowest BCUT2D eigenvalue weighted by Gasteiger charge is -2.14. The number of aryl methyl sites for hydroxylation is 2. The van der Waals surface area contributed by atoms with E-state index >= 15 is 0 Å². The van der Waals surface area contributed by atoms with Gasteiger partial charge in [-0.3, -0.25) is 15.0 Å². The molecule has 0 radical (unpaired) electrons. The van der Waals surface area contributed by atoms with Crippen molar-refractivity contribution < 1.29 is 14.3 Å². The van der Waals surface area contributed by atoms with Gasteiger partial charge in [-0.05, 0) is 55.8 Å². The van der Waals surface area contributed by atoms with Crippen LogP contribution >= 0.6 is 0 Å². The van der Waals surface area contributed by atoms with Gasteiger partial charge in [0, 0.05) is 36.0 Å². The number of amides is 1. The zero-order valence-electron chi connectivity index (χ0n) is 18.5. The minimum Gasteiger partial charge on any atom is -0.490 e. The molecule has 1 fully saturated rings. The molecule has 3 aromatic rings. The number of anilines is 1. The van der Waals surface area contributed by atoms with E-state index in [-0.39, 0.29) is 18.5 Å². The number of nitrogens with zero attached hydrogens (tertiary/aromatic N) is 3. The molecule has 1 atom stereocenters. The van der Waals surface area contributed by atoms with Crippen LogP contribution in [0.1, 0.15) is 28.1 Å². The number of amidine groups is 1. The second kappa shape index (κ2) is 8.74.